The van der Waals surface area contributed by atoms with Gasteiger partial charge in [-0.3, -0.25) is 9.10 Å². The molecule has 0 spiro atoms. The van der Waals surface area contributed by atoms with E-state index in [1.165, 1.54) is 0 Å². The summed E-state index contributed by atoms with van der Waals surface area (Å²) in [5.74, 6) is -0.233. The molecule has 1 aliphatic heterocycles. The van der Waals surface area contributed by atoms with Gasteiger partial charge >= 0.3 is 0 Å². The Morgan fingerprint density at radius 1 is 1.27 bits per heavy atom. The van der Waals surface area contributed by atoms with Crippen LogP contribution in [0.25, 0.3) is 0 Å². The number of benzene rings is 1. The standard InChI is InChI=1S/C14H19ClN2O4S/c1-11(14(18)16-7-9-21-10-8-16)17(22(2,19)20)13-5-3-12(15)4-6-13/h3-6,11H,7-10H2,1-2H3. The van der Waals surface area contributed by atoms with Crippen LogP contribution in [0.5, 0.6) is 0 Å². The third-order valence-electron chi connectivity index (χ3n) is 3.47. The van der Waals surface area contributed by atoms with E-state index < -0.39 is 16.1 Å². The number of carbonyl (C=O) groups is 1. The molecule has 2 rings (SSSR count). The summed E-state index contributed by atoms with van der Waals surface area (Å²) in [7, 11) is -3.60. The van der Waals surface area contributed by atoms with Crippen molar-refractivity contribution in [1.82, 2.24) is 4.90 Å². The second-order valence-electron chi connectivity index (χ2n) is 5.15. The second kappa shape index (κ2) is 6.85. The first kappa shape index (κ1) is 17.1. The van der Waals surface area contributed by atoms with E-state index in [0.29, 0.717) is 37.0 Å². The zero-order chi connectivity index (χ0) is 16.3. The number of amides is 1. The van der Waals surface area contributed by atoms with Crippen LogP contribution >= 0.6 is 11.6 Å². The van der Waals surface area contributed by atoms with Crippen LogP contribution in [0.2, 0.25) is 5.02 Å². The molecule has 22 heavy (non-hydrogen) atoms. The molecule has 1 fully saturated rings. The summed E-state index contributed by atoms with van der Waals surface area (Å²) < 4.78 is 30.6. The Hall–Kier alpha value is -1.31. The van der Waals surface area contributed by atoms with Crippen molar-refractivity contribution in [1.29, 1.82) is 0 Å². The summed E-state index contributed by atoms with van der Waals surface area (Å²) in [4.78, 5) is 14.2. The van der Waals surface area contributed by atoms with Gasteiger partial charge in [-0.25, -0.2) is 8.42 Å². The number of morpholine rings is 1. The molecule has 1 heterocycles. The van der Waals surface area contributed by atoms with Gasteiger partial charge in [0.15, 0.2) is 0 Å². The number of rotatable bonds is 4. The predicted octanol–water partition coefficient (Wildman–Crippen LogP) is 1.35. The average molecular weight is 347 g/mol. The Labute approximate surface area is 135 Å². The van der Waals surface area contributed by atoms with Crippen molar-refractivity contribution in [3.63, 3.8) is 0 Å². The molecule has 8 heteroatoms. The SMILES string of the molecule is CC(C(=O)N1CCOCC1)N(c1ccc(Cl)cc1)S(C)(=O)=O. The van der Waals surface area contributed by atoms with Gasteiger partial charge in [0.05, 0.1) is 25.2 Å². The molecule has 0 bridgehead atoms. The van der Waals surface area contributed by atoms with Gasteiger partial charge in [-0.15, -0.1) is 0 Å². The lowest BCUT2D eigenvalue weighted by atomic mass is 10.2. The number of carbonyl (C=O) groups excluding carboxylic acids is 1. The average Bonchev–Trinajstić information content (AvgIpc) is 2.48. The lowest BCUT2D eigenvalue weighted by molar-refractivity contribution is -0.136. The van der Waals surface area contributed by atoms with Gasteiger partial charge in [0.25, 0.3) is 0 Å². The monoisotopic (exact) mass is 346 g/mol. The lowest BCUT2D eigenvalue weighted by Gasteiger charge is -2.34. The molecule has 1 unspecified atom stereocenters. The van der Waals surface area contributed by atoms with Crippen molar-refractivity contribution in [2.75, 3.05) is 36.9 Å². The molecule has 1 saturated heterocycles. The molecule has 1 aromatic rings. The van der Waals surface area contributed by atoms with Gasteiger partial charge in [0.1, 0.15) is 6.04 Å². The van der Waals surface area contributed by atoms with Crippen LogP contribution in [0, 0.1) is 0 Å². The third kappa shape index (κ3) is 3.91. The Balaban J connectivity index is 2.29. The van der Waals surface area contributed by atoms with Gasteiger partial charge in [-0.05, 0) is 31.2 Å². The number of halogens is 1. The van der Waals surface area contributed by atoms with E-state index in [2.05, 4.69) is 0 Å². The molecule has 0 aliphatic carbocycles. The molecule has 0 aromatic heterocycles. The highest BCUT2D eigenvalue weighted by atomic mass is 35.5. The summed E-state index contributed by atoms with van der Waals surface area (Å²) in [6.07, 6.45) is 1.09. The minimum Gasteiger partial charge on any atom is -0.378 e. The van der Waals surface area contributed by atoms with Crippen LogP contribution in [-0.2, 0) is 19.6 Å². The number of sulfonamides is 1. The first-order valence-electron chi connectivity index (χ1n) is 6.92. The highest BCUT2D eigenvalue weighted by molar-refractivity contribution is 7.92. The highest BCUT2D eigenvalue weighted by Gasteiger charge is 2.32. The Bertz CT molecular complexity index is 627. The first-order valence-corrected chi connectivity index (χ1v) is 9.15. The largest absolute Gasteiger partial charge is 0.378 e. The maximum atomic E-state index is 12.6. The fourth-order valence-corrected chi connectivity index (χ4v) is 3.73. The quantitative estimate of drug-likeness (QED) is 0.825. The number of anilines is 1. The van der Waals surface area contributed by atoms with Crippen molar-refractivity contribution < 1.29 is 17.9 Å². The number of hydrogen-bond acceptors (Lipinski definition) is 4. The molecule has 1 aromatic carbocycles. The Morgan fingerprint density at radius 2 is 1.82 bits per heavy atom. The summed E-state index contributed by atoms with van der Waals surface area (Å²) in [6.45, 7) is 3.48. The molecule has 0 radical (unpaired) electrons. The summed E-state index contributed by atoms with van der Waals surface area (Å²) in [6, 6.07) is 5.55. The van der Waals surface area contributed by atoms with Gasteiger partial charge in [-0.1, -0.05) is 11.6 Å². The van der Waals surface area contributed by atoms with Crippen molar-refractivity contribution in [3.05, 3.63) is 29.3 Å². The van der Waals surface area contributed by atoms with Crippen molar-refractivity contribution in [2.45, 2.75) is 13.0 Å². The zero-order valence-corrected chi connectivity index (χ0v) is 14.1. The first-order chi connectivity index (χ1) is 10.3. The molecule has 0 saturated carbocycles. The summed E-state index contributed by atoms with van der Waals surface area (Å²) in [5, 5.41) is 0.504. The van der Waals surface area contributed by atoms with Gasteiger partial charge in [0, 0.05) is 18.1 Å². The summed E-state index contributed by atoms with van der Waals surface area (Å²) >= 11 is 5.84. The van der Waals surface area contributed by atoms with E-state index in [1.54, 1.807) is 36.1 Å². The molecule has 6 nitrogen and oxygen atoms in total. The fraction of sp³-hybridized carbons (Fsp3) is 0.500. The fourth-order valence-electron chi connectivity index (χ4n) is 2.44. The second-order valence-corrected chi connectivity index (χ2v) is 7.44. The lowest BCUT2D eigenvalue weighted by Crippen LogP contribution is -2.52. The van der Waals surface area contributed by atoms with Crippen LogP contribution in [0.4, 0.5) is 5.69 Å². The zero-order valence-electron chi connectivity index (χ0n) is 12.5. The molecule has 122 valence electrons. The van der Waals surface area contributed by atoms with Gasteiger partial charge in [-0.2, -0.15) is 0 Å². The van der Waals surface area contributed by atoms with E-state index in [-0.39, 0.29) is 5.91 Å². The Morgan fingerprint density at radius 3 is 2.32 bits per heavy atom. The Kier molecular flexibility index (Phi) is 5.31. The minimum atomic E-state index is -3.60. The molecular weight excluding hydrogens is 328 g/mol. The van der Waals surface area contributed by atoms with E-state index in [0.717, 1.165) is 10.6 Å². The van der Waals surface area contributed by atoms with Crippen LogP contribution in [0.3, 0.4) is 0 Å². The smallest absolute Gasteiger partial charge is 0.246 e. The van der Waals surface area contributed by atoms with Crippen molar-refractivity contribution in [2.24, 2.45) is 0 Å². The molecule has 1 atom stereocenters. The maximum Gasteiger partial charge on any atom is 0.246 e. The van der Waals surface area contributed by atoms with Crippen LogP contribution < -0.4 is 4.31 Å². The van der Waals surface area contributed by atoms with Crippen molar-refractivity contribution >= 4 is 33.2 Å². The van der Waals surface area contributed by atoms with Crippen LogP contribution in [0.15, 0.2) is 24.3 Å². The van der Waals surface area contributed by atoms with E-state index in [1.807, 2.05) is 0 Å². The highest BCUT2D eigenvalue weighted by Crippen LogP contribution is 2.23. The third-order valence-corrected chi connectivity index (χ3v) is 4.96. The van der Waals surface area contributed by atoms with E-state index >= 15 is 0 Å². The topological polar surface area (TPSA) is 66.9 Å². The maximum absolute atomic E-state index is 12.6. The molecular formula is C14H19ClN2O4S. The molecule has 1 amide bonds. The van der Waals surface area contributed by atoms with Crippen molar-refractivity contribution in [3.8, 4) is 0 Å². The normalized spacial score (nSPS) is 17.1. The molecule has 0 N–H and O–H groups in total. The minimum absolute atomic E-state index is 0.233. The van der Waals surface area contributed by atoms with E-state index in [9.17, 15) is 13.2 Å². The van der Waals surface area contributed by atoms with Gasteiger partial charge < -0.3 is 9.64 Å². The number of nitrogens with zero attached hydrogens (tertiary/aromatic N) is 2. The molecule has 1 aliphatic rings. The van der Waals surface area contributed by atoms with E-state index in [4.69, 9.17) is 16.3 Å². The predicted molar refractivity (Wildman–Crippen MR) is 85.6 cm³/mol. The van der Waals surface area contributed by atoms with Crippen LogP contribution in [0.1, 0.15) is 6.92 Å². The number of ether oxygens (including phenoxy) is 1. The summed E-state index contributed by atoms with van der Waals surface area (Å²) in [5.41, 5.74) is 0.418. The van der Waals surface area contributed by atoms with Gasteiger partial charge in [0.2, 0.25) is 15.9 Å². The van der Waals surface area contributed by atoms with Crippen LogP contribution in [-0.4, -0.2) is 57.8 Å². The number of hydrogen-bond donors (Lipinski definition) is 0.